The average molecular weight is 254 g/mol. The number of nitrogens with zero attached hydrogens (tertiary/aromatic N) is 3. The van der Waals surface area contributed by atoms with E-state index in [4.69, 9.17) is 18.0 Å². The highest BCUT2D eigenvalue weighted by atomic mass is 32.1. The van der Waals surface area contributed by atoms with E-state index < -0.39 is 0 Å². The van der Waals surface area contributed by atoms with Gasteiger partial charge in [-0.1, -0.05) is 12.2 Å². The summed E-state index contributed by atoms with van der Waals surface area (Å²) in [5.41, 5.74) is 6.05. The maximum atomic E-state index is 12.2. The van der Waals surface area contributed by atoms with Crippen molar-refractivity contribution in [3.63, 3.8) is 0 Å². The van der Waals surface area contributed by atoms with Crippen molar-refractivity contribution >= 4 is 23.1 Å². The molecule has 0 aliphatic heterocycles. The number of hydrogen-bond donors (Lipinski definition) is 1. The molecule has 0 unspecified atom stereocenters. The maximum Gasteiger partial charge on any atom is 0.257 e. The van der Waals surface area contributed by atoms with Gasteiger partial charge in [-0.15, -0.1) is 0 Å². The molecule has 94 valence electrons. The van der Waals surface area contributed by atoms with Crippen LogP contribution in [0.3, 0.4) is 0 Å². The molecule has 0 fully saturated rings. The zero-order valence-corrected chi connectivity index (χ0v) is 11.2. The Morgan fingerprint density at radius 2 is 2.29 bits per heavy atom. The zero-order valence-electron chi connectivity index (χ0n) is 10.4. The van der Waals surface area contributed by atoms with Crippen LogP contribution in [0.1, 0.15) is 30.6 Å². The summed E-state index contributed by atoms with van der Waals surface area (Å²) in [6.45, 7) is 4.47. The first kappa shape index (κ1) is 13.6. The first-order valence-corrected chi connectivity index (χ1v) is 5.90. The van der Waals surface area contributed by atoms with Crippen LogP contribution >= 0.6 is 12.2 Å². The minimum absolute atomic E-state index is 0.0376. The maximum absolute atomic E-state index is 12.2. The smallest absolute Gasteiger partial charge is 0.257 e. The van der Waals surface area contributed by atoms with Gasteiger partial charge in [0.15, 0.2) is 0 Å². The molecule has 1 aromatic rings. The highest BCUT2D eigenvalue weighted by molar-refractivity contribution is 7.80. The molecule has 6 heteroatoms. The predicted molar refractivity (Wildman–Crippen MR) is 70.8 cm³/mol. The van der Waals surface area contributed by atoms with E-state index >= 15 is 0 Å². The minimum Gasteiger partial charge on any atom is -0.393 e. The van der Waals surface area contributed by atoms with Gasteiger partial charge in [-0.2, -0.15) is 5.10 Å². The number of aromatic nitrogens is 2. The summed E-state index contributed by atoms with van der Waals surface area (Å²) in [5.74, 6) is -0.0376. The van der Waals surface area contributed by atoms with Gasteiger partial charge in [0.05, 0.1) is 16.7 Å². The van der Waals surface area contributed by atoms with Gasteiger partial charge in [-0.25, -0.2) is 0 Å². The van der Waals surface area contributed by atoms with E-state index in [2.05, 4.69) is 5.10 Å². The number of nitrogens with two attached hydrogens (primary N) is 1. The molecular formula is C11H18N4OS. The Hall–Kier alpha value is -1.43. The molecule has 0 aliphatic rings. The number of carbonyl (C=O) groups is 1. The van der Waals surface area contributed by atoms with Crippen LogP contribution in [0.5, 0.6) is 0 Å². The SMILES string of the molecule is CC(C)N(CCC(N)=S)C(=O)c1cnn(C)c1. The fraction of sp³-hybridized carbons (Fsp3) is 0.545. The predicted octanol–water partition coefficient (Wildman–Crippen LogP) is 0.947. The van der Waals surface area contributed by atoms with Crippen LogP contribution < -0.4 is 5.73 Å². The van der Waals surface area contributed by atoms with Gasteiger partial charge in [-0.3, -0.25) is 9.48 Å². The van der Waals surface area contributed by atoms with Gasteiger partial charge < -0.3 is 10.6 Å². The number of aryl methyl sites for hydroxylation is 1. The number of amides is 1. The van der Waals surface area contributed by atoms with Gasteiger partial charge in [-0.05, 0) is 13.8 Å². The third kappa shape index (κ3) is 3.81. The highest BCUT2D eigenvalue weighted by Crippen LogP contribution is 2.08. The molecule has 1 aromatic heterocycles. The lowest BCUT2D eigenvalue weighted by atomic mass is 10.2. The van der Waals surface area contributed by atoms with Crippen molar-refractivity contribution in [3.05, 3.63) is 18.0 Å². The van der Waals surface area contributed by atoms with Crippen LogP contribution in [-0.2, 0) is 7.05 Å². The normalized spacial score (nSPS) is 10.6. The van der Waals surface area contributed by atoms with Crippen molar-refractivity contribution < 1.29 is 4.79 Å². The standard InChI is InChI=1S/C11H18N4OS/c1-8(2)15(5-4-10(12)17)11(16)9-6-13-14(3)7-9/h6-8H,4-5H2,1-3H3,(H2,12,17). The van der Waals surface area contributed by atoms with E-state index in [1.807, 2.05) is 13.8 Å². The lowest BCUT2D eigenvalue weighted by Gasteiger charge is -2.26. The summed E-state index contributed by atoms with van der Waals surface area (Å²) in [5, 5.41) is 3.99. The molecule has 0 saturated heterocycles. The third-order valence-electron chi connectivity index (χ3n) is 2.44. The minimum atomic E-state index is -0.0376. The third-order valence-corrected chi connectivity index (χ3v) is 2.64. The van der Waals surface area contributed by atoms with Crippen LogP contribution in [0.4, 0.5) is 0 Å². The molecule has 0 bridgehead atoms. The number of hydrogen-bond acceptors (Lipinski definition) is 3. The van der Waals surface area contributed by atoms with Crippen molar-refractivity contribution in [1.82, 2.24) is 14.7 Å². The molecule has 5 nitrogen and oxygen atoms in total. The summed E-state index contributed by atoms with van der Waals surface area (Å²) in [4.78, 5) is 14.4. The summed E-state index contributed by atoms with van der Waals surface area (Å²) in [7, 11) is 1.78. The molecule has 0 radical (unpaired) electrons. The Labute approximate surface area is 107 Å². The molecule has 2 N–H and O–H groups in total. The molecule has 0 aliphatic carbocycles. The Morgan fingerprint density at radius 1 is 1.65 bits per heavy atom. The first-order valence-electron chi connectivity index (χ1n) is 5.49. The quantitative estimate of drug-likeness (QED) is 0.795. The van der Waals surface area contributed by atoms with Gasteiger partial charge in [0.25, 0.3) is 5.91 Å². The van der Waals surface area contributed by atoms with Crippen LogP contribution in [0, 0.1) is 0 Å². The van der Waals surface area contributed by atoms with Gasteiger partial charge in [0.2, 0.25) is 0 Å². The van der Waals surface area contributed by atoms with Crippen molar-refractivity contribution in [2.75, 3.05) is 6.54 Å². The summed E-state index contributed by atoms with van der Waals surface area (Å²) < 4.78 is 1.61. The molecule has 1 heterocycles. The second kappa shape index (κ2) is 5.77. The summed E-state index contributed by atoms with van der Waals surface area (Å²) in [6.07, 6.45) is 3.82. The van der Waals surface area contributed by atoms with Crippen molar-refractivity contribution in [2.45, 2.75) is 26.3 Å². The molecule has 0 spiro atoms. The largest absolute Gasteiger partial charge is 0.393 e. The van der Waals surface area contributed by atoms with Gasteiger partial charge >= 0.3 is 0 Å². The zero-order chi connectivity index (χ0) is 13.0. The monoisotopic (exact) mass is 254 g/mol. The molecule has 0 aromatic carbocycles. The van der Waals surface area contributed by atoms with Crippen molar-refractivity contribution in [1.29, 1.82) is 0 Å². The molecule has 1 rings (SSSR count). The Balaban J connectivity index is 2.77. The van der Waals surface area contributed by atoms with Crippen LogP contribution in [0.15, 0.2) is 12.4 Å². The number of rotatable bonds is 5. The van der Waals surface area contributed by atoms with Gasteiger partial charge in [0, 0.05) is 32.3 Å². The molecule has 1 amide bonds. The first-order chi connectivity index (χ1) is 7.91. The second-order valence-corrected chi connectivity index (χ2v) is 4.74. The van der Waals surface area contributed by atoms with Crippen LogP contribution in [-0.4, -0.2) is 38.2 Å². The van der Waals surface area contributed by atoms with Crippen LogP contribution in [0.2, 0.25) is 0 Å². The average Bonchev–Trinajstić information content (AvgIpc) is 2.63. The molecule has 0 saturated carbocycles. The number of thiocarbonyl (C=S) groups is 1. The summed E-state index contributed by atoms with van der Waals surface area (Å²) in [6, 6.07) is 0.108. The lowest BCUT2D eigenvalue weighted by Crippen LogP contribution is -2.38. The van der Waals surface area contributed by atoms with Crippen molar-refractivity contribution in [3.8, 4) is 0 Å². The van der Waals surface area contributed by atoms with E-state index in [0.717, 1.165) is 0 Å². The fourth-order valence-corrected chi connectivity index (χ4v) is 1.61. The summed E-state index contributed by atoms with van der Waals surface area (Å²) >= 11 is 4.83. The van der Waals surface area contributed by atoms with E-state index in [1.165, 1.54) is 0 Å². The molecule has 0 atom stereocenters. The fourth-order valence-electron chi connectivity index (χ4n) is 1.52. The van der Waals surface area contributed by atoms with E-state index in [1.54, 1.807) is 29.0 Å². The highest BCUT2D eigenvalue weighted by Gasteiger charge is 2.19. The Kier molecular flexibility index (Phi) is 4.62. The Morgan fingerprint density at radius 3 is 2.71 bits per heavy atom. The number of carbonyl (C=O) groups excluding carboxylic acids is 1. The lowest BCUT2D eigenvalue weighted by molar-refractivity contribution is 0.0711. The van der Waals surface area contributed by atoms with Crippen molar-refractivity contribution in [2.24, 2.45) is 12.8 Å². The van der Waals surface area contributed by atoms with E-state index in [-0.39, 0.29) is 11.9 Å². The topological polar surface area (TPSA) is 64.2 Å². The Bertz CT molecular complexity index is 413. The second-order valence-electron chi connectivity index (χ2n) is 4.21. The van der Waals surface area contributed by atoms with Crippen LogP contribution in [0.25, 0.3) is 0 Å². The molecular weight excluding hydrogens is 236 g/mol. The van der Waals surface area contributed by atoms with E-state index in [9.17, 15) is 4.79 Å². The van der Waals surface area contributed by atoms with Gasteiger partial charge in [0.1, 0.15) is 0 Å². The molecule has 17 heavy (non-hydrogen) atoms. The van der Waals surface area contributed by atoms with E-state index in [0.29, 0.717) is 23.5 Å².